The Morgan fingerprint density at radius 1 is 0.900 bits per heavy atom. The highest BCUT2D eigenvalue weighted by atomic mass is 32.2. The SMILES string of the molecule is CC(C)(C)C(=O)SCCOP(=O)(OCCSC(=O)C(C)(C)C)C(F)(F)c1ccc2sc(C(=O)N[C@H]3CCCC[C@H]4CC[C@@H](C(=O)N5CC(CS(C)(=O)=O)C5)N4C3=O)cc2c1. The third-order valence-electron chi connectivity index (χ3n) is 10.5. The van der Waals surface area contributed by atoms with E-state index in [1.54, 1.807) is 51.3 Å². The number of sulfone groups is 1. The highest BCUT2D eigenvalue weighted by molar-refractivity contribution is 8.14. The van der Waals surface area contributed by atoms with Crippen molar-refractivity contribution in [2.75, 3.05) is 49.8 Å². The maximum absolute atomic E-state index is 16.4. The average Bonchev–Trinajstić information content (AvgIpc) is 3.76. The number of hydrogen-bond donors (Lipinski definition) is 1. The Bertz CT molecular complexity index is 2080. The van der Waals surface area contributed by atoms with E-state index in [0.717, 1.165) is 66.1 Å². The van der Waals surface area contributed by atoms with Gasteiger partial charge in [-0.2, -0.15) is 8.78 Å². The van der Waals surface area contributed by atoms with Gasteiger partial charge in [0.25, 0.3) is 5.91 Å². The number of fused-ring (bicyclic) bond motifs is 2. The first-order chi connectivity index (χ1) is 27.8. The lowest BCUT2D eigenvalue weighted by Gasteiger charge is -2.43. The van der Waals surface area contributed by atoms with E-state index in [1.165, 1.54) is 12.1 Å². The van der Waals surface area contributed by atoms with Crippen LogP contribution in [0.5, 0.6) is 0 Å². The summed E-state index contributed by atoms with van der Waals surface area (Å²) in [4.78, 5) is 69.6. The maximum Gasteiger partial charge on any atom is 0.404 e. The third kappa shape index (κ3) is 11.8. The molecule has 4 heterocycles. The van der Waals surface area contributed by atoms with Gasteiger partial charge in [-0.1, -0.05) is 84.0 Å². The molecule has 60 heavy (non-hydrogen) atoms. The van der Waals surface area contributed by atoms with Gasteiger partial charge in [0.1, 0.15) is 21.9 Å². The summed E-state index contributed by atoms with van der Waals surface area (Å²) in [7, 11) is -8.45. The second kappa shape index (κ2) is 19.1. The van der Waals surface area contributed by atoms with Crippen molar-refractivity contribution in [1.82, 2.24) is 15.1 Å². The van der Waals surface area contributed by atoms with Crippen molar-refractivity contribution < 1.29 is 54.8 Å². The number of likely N-dealkylation sites (tertiary alicyclic amines) is 1. The first-order valence-corrected chi connectivity index (χ1v) is 26.4. The molecular weight excluding hydrogens is 880 g/mol. The molecule has 0 saturated carbocycles. The Morgan fingerprint density at radius 2 is 1.48 bits per heavy atom. The molecular formula is C40H56F2N3O10PS4. The summed E-state index contributed by atoms with van der Waals surface area (Å²) in [6.45, 7) is 9.97. The first kappa shape index (κ1) is 48.6. The maximum atomic E-state index is 16.4. The zero-order chi connectivity index (χ0) is 44.4. The number of nitrogens with one attached hydrogen (secondary N) is 1. The minimum Gasteiger partial charge on any atom is -0.340 e. The normalized spacial score (nSPS) is 21.0. The third-order valence-corrected chi connectivity index (χ3v) is 17.2. The van der Waals surface area contributed by atoms with E-state index in [0.29, 0.717) is 43.5 Å². The summed E-state index contributed by atoms with van der Waals surface area (Å²) in [5, 5.41) is 2.70. The topological polar surface area (TPSA) is 174 Å². The van der Waals surface area contributed by atoms with Gasteiger partial charge in [0.2, 0.25) is 11.8 Å². The minimum absolute atomic E-state index is 0.00527. The minimum atomic E-state index is -5.26. The van der Waals surface area contributed by atoms with Crippen LogP contribution >= 0.6 is 42.5 Å². The predicted molar refractivity (Wildman–Crippen MR) is 232 cm³/mol. The standard InChI is InChI=1S/C40H56F2N3O10PS4/c1-38(2,3)36(49)57-18-16-54-56(51,55-17-19-58-37(50)39(4,5)6)40(41,42)27-12-15-31-26(20-27)21-32(59-31)33(46)43-29-11-9-8-10-28-13-14-30(45(28)34(29)47)35(48)44-22-25(23-44)24-60(7,52)53/h12,15,20-21,25,28-30H,8-11,13-14,16-19,22-24H2,1-7H3,(H,43,46)/t28-,29-,30-/m0/s1. The Balaban J connectivity index is 1.29. The van der Waals surface area contributed by atoms with E-state index in [4.69, 9.17) is 9.05 Å². The number of hydrogen-bond acceptors (Lipinski definition) is 13. The van der Waals surface area contributed by atoms with Gasteiger partial charge >= 0.3 is 13.3 Å². The Kier molecular flexibility index (Phi) is 15.5. The molecule has 3 saturated heterocycles. The number of rotatable bonds is 15. The summed E-state index contributed by atoms with van der Waals surface area (Å²) >= 11 is 2.77. The van der Waals surface area contributed by atoms with Crippen molar-refractivity contribution in [1.29, 1.82) is 0 Å². The molecule has 0 spiro atoms. The van der Waals surface area contributed by atoms with Gasteiger partial charge in [0.15, 0.2) is 10.2 Å². The van der Waals surface area contributed by atoms with E-state index in [1.807, 2.05) is 0 Å². The molecule has 0 bridgehead atoms. The molecule has 334 valence electrons. The monoisotopic (exact) mass is 935 g/mol. The molecule has 3 aliphatic heterocycles. The number of benzene rings is 1. The fraction of sp³-hybridized carbons (Fsp3) is 0.675. The van der Waals surface area contributed by atoms with Crippen LogP contribution in [0.4, 0.5) is 8.78 Å². The van der Waals surface area contributed by atoms with Crippen LogP contribution in [-0.4, -0.2) is 114 Å². The highest BCUT2D eigenvalue weighted by Gasteiger charge is 2.55. The molecule has 5 rings (SSSR count). The van der Waals surface area contributed by atoms with Crippen molar-refractivity contribution in [2.24, 2.45) is 16.7 Å². The van der Waals surface area contributed by atoms with Crippen LogP contribution in [-0.2, 0) is 48.3 Å². The number of carbonyl (C=O) groups is 5. The summed E-state index contributed by atoms with van der Waals surface area (Å²) in [6.07, 6.45) is 4.81. The molecule has 0 aliphatic carbocycles. The van der Waals surface area contributed by atoms with E-state index in [2.05, 4.69) is 5.32 Å². The molecule has 2 aromatic rings. The molecule has 3 atom stereocenters. The number of carbonyl (C=O) groups excluding carboxylic acids is 5. The van der Waals surface area contributed by atoms with Crippen LogP contribution in [0.3, 0.4) is 0 Å². The number of thiophene rings is 1. The molecule has 20 heteroatoms. The van der Waals surface area contributed by atoms with Gasteiger partial charge in [0.05, 0.1) is 23.8 Å². The summed E-state index contributed by atoms with van der Waals surface area (Å²) in [6, 6.07) is 3.19. The second-order valence-corrected chi connectivity index (χ2v) is 25.3. The smallest absolute Gasteiger partial charge is 0.340 e. The van der Waals surface area contributed by atoms with Crippen LogP contribution in [0.15, 0.2) is 24.3 Å². The molecule has 1 aromatic carbocycles. The Hall–Kier alpha value is -2.41. The van der Waals surface area contributed by atoms with Crippen molar-refractivity contribution >= 4 is 90.3 Å². The zero-order valence-corrected chi connectivity index (χ0v) is 39.3. The summed E-state index contributed by atoms with van der Waals surface area (Å²) < 4.78 is 81.4. The zero-order valence-electron chi connectivity index (χ0n) is 35.1. The van der Waals surface area contributed by atoms with E-state index >= 15 is 8.78 Å². The molecule has 3 aliphatic rings. The largest absolute Gasteiger partial charge is 0.404 e. The Labute approximate surface area is 363 Å². The second-order valence-electron chi connectivity index (χ2n) is 17.8. The van der Waals surface area contributed by atoms with Gasteiger partial charge in [-0.15, -0.1) is 11.3 Å². The fourth-order valence-electron chi connectivity index (χ4n) is 7.35. The molecule has 0 radical (unpaired) electrons. The Morgan fingerprint density at radius 3 is 2.05 bits per heavy atom. The van der Waals surface area contributed by atoms with Crippen LogP contribution in [0, 0.1) is 16.7 Å². The van der Waals surface area contributed by atoms with Crippen molar-refractivity contribution in [3.05, 3.63) is 34.7 Å². The van der Waals surface area contributed by atoms with Crippen LogP contribution in [0.1, 0.15) is 95.3 Å². The van der Waals surface area contributed by atoms with Crippen molar-refractivity contribution in [3.8, 4) is 0 Å². The predicted octanol–water partition coefficient (Wildman–Crippen LogP) is 7.32. The first-order valence-electron chi connectivity index (χ1n) is 20.1. The molecule has 3 amide bonds. The van der Waals surface area contributed by atoms with Gasteiger partial charge in [-0.05, 0) is 49.3 Å². The average molecular weight is 936 g/mol. The van der Waals surface area contributed by atoms with Crippen LogP contribution in [0.2, 0.25) is 0 Å². The molecule has 1 N–H and O–H groups in total. The van der Waals surface area contributed by atoms with E-state index in [-0.39, 0.29) is 61.5 Å². The number of alkyl halides is 2. The number of halogens is 2. The number of thioether (sulfide) groups is 2. The summed E-state index contributed by atoms with van der Waals surface area (Å²) in [5.74, 6) is -1.42. The quantitative estimate of drug-likeness (QED) is 0.140. The molecule has 3 fully saturated rings. The van der Waals surface area contributed by atoms with E-state index in [9.17, 15) is 37.0 Å². The lowest BCUT2D eigenvalue weighted by Crippen LogP contribution is -2.60. The fourth-order valence-corrected chi connectivity index (χ4v) is 12.7. The lowest BCUT2D eigenvalue weighted by molar-refractivity contribution is -0.150. The van der Waals surface area contributed by atoms with Gasteiger partial charge in [-0.25, -0.2) is 8.42 Å². The van der Waals surface area contributed by atoms with Crippen LogP contribution < -0.4 is 5.32 Å². The number of amides is 3. The highest BCUT2D eigenvalue weighted by Crippen LogP contribution is 2.67. The molecule has 1 aromatic heterocycles. The van der Waals surface area contributed by atoms with E-state index < -0.39 is 70.7 Å². The summed E-state index contributed by atoms with van der Waals surface area (Å²) in [5.41, 5.74) is -6.23. The van der Waals surface area contributed by atoms with Gasteiger partial charge in [0, 0.05) is 63.9 Å². The van der Waals surface area contributed by atoms with Crippen LogP contribution in [0.25, 0.3) is 10.1 Å². The molecule has 0 unspecified atom stereocenters. The van der Waals surface area contributed by atoms with Crippen molar-refractivity contribution in [3.63, 3.8) is 0 Å². The molecule has 13 nitrogen and oxygen atoms in total. The lowest BCUT2D eigenvalue weighted by atomic mass is 9.98. The van der Waals surface area contributed by atoms with Gasteiger partial charge in [-0.3, -0.25) is 28.5 Å². The number of nitrogens with zero attached hydrogens (tertiary/aromatic N) is 2. The van der Waals surface area contributed by atoms with Crippen molar-refractivity contribution in [2.45, 2.75) is 104 Å². The van der Waals surface area contributed by atoms with Gasteiger partial charge < -0.3 is 24.2 Å².